The second-order valence-corrected chi connectivity index (χ2v) is 7.27. The maximum absolute atomic E-state index is 6.05. The van der Waals surface area contributed by atoms with Gasteiger partial charge >= 0.3 is 0 Å². The summed E-state index contributed by atoms with van der Waals surface area (Å²) in [5, 5.41) is 6.43. The van der Waals surface area contributed by atoms with Crippen molar-refractivity contribution in [3.63, 3.8) is 0 Å². The number of anilines is 4. The summed E-state index contributed by atoms with van der Waals surface area (Å²) in [6, 6.07) is 16.1. The minimum absolute atomic E-state index is 0.125. The fraction of sp³-hybridized carbons (Fsp3) is 0.211. The van der Waals surface area contributed by atoms with Crippen molar-refractivity contribution in [1.29, 1.82) is 0 Å². The maximum atomic E-state index is 6.05. The molecular formula is C19H22ClN6+. The fourth-order valence-corrected chi connectivity index (χ4v) is 2.51. The summed E-state index contributed by atoms with van der Waals surface area (Å²) in [7, 11) is 6.37. The van der Waals surface area contributed by atoms with Gasteiger partial charge in [0.2, 0.25) is 17.2 Å². The number of hydrogen-bond donors (Lipinski definition) is 2. The zero-order chi connectivity index (χ0) is 18.7. The van der Waals surface area contributed by atoms with Gasteiger partial charge in [0.1, 0.15) is 5.69 Å². The lowest BCUT2D eigenvalue weighted by Gasteiger charge is -2.23. The van der Waals surface area contributed by atoms with Crippen molar-refractivity contribution in [2.45, 2.75) is 6.92 Å². The van der Waals surface area contributed by atoms with E-state index in [0.29, 0.717) is 11.9 Å². The van der Waals surface area contributed by atoms with Crippen molar-refractivity contribution in [2.75, 3.05) is 31.8 Å². The van der Waals surface area contributed by atoms with Gasteiger partial charge in [-0.3, -0.25) is 4.48 Å². The maximum Gasteiger partial charge on any atom is 0.233 e. The Bertz CT molecular complexity index is 885. The summed E-state index contributed by atoms with van der Waals surface area (Å²) >= 11 is 6.05. The van der Waals surface area contributed by atoms with E-state index >= 15 is 0 Å². The van der Waals surface area contributed by atoms with E-state index in [2.05, 4.69) is 58.9 Å². The standard InChI is InChI=1S/C19H22ClN6/c1-13-5-7-14(8-6-13)21-18-23-17(20)24-19(25-18)22-15-9-11-16(12-10-15)26(2,3)4/h5-12H,1-4H3,(H2,21,22,23,24,25)/q+1. The molecule has 1 heterocycles. The molecule has 3 rings (SSSR count). The Morgan fingerprint density at radius 2 is 1.19 bits per heavy atom. The molecule has 7 heteroatoms. The van der Waals surface area contributed by atoms with Gasteiger partial charge in [-0.05, 0) is 42.8 Å². The van der Waals surface area contributed by atoms with Crippen LogP contribution in [0.4, 0.5) is 29.0 Å². The Balaban J connectivity index is 1.78. The van der Waals surface area contributed by atoms with Crippen LogP contribution in [0, 0.1) is 6.92 Å². The highest BCUT2D eigenvalue weighted by atomic mass is 35.5. The van der Waals surface area contributed by atoms with Crippen LogP contribution >= 0.6 is 11.6 Å². The third-order valence-corrected chi connectivity index (χ3v) is 3.98. The summed E-state index contributed by atoms with van der Waals surface area (Å²) in [5.74, 6) is 0.775. The SMILES string of the molecule is Cc1ccc(Nc2nc(Cl)nc(Nc3ccc([N+](C)(C)C)cc3)n2)cc1. The molecule has 2 aromatic carbocycles. The predicted octanol–water partition coefficient (Wildman–Crippen LogP) is 4.52. The highest BCUT2D eigenvalue weighted by molar-refractivity contribution is 6.28. The van der Waals surface area contributed by atoms with Crippen LogP contribution in [-0.2, 0) is 0 Å². The first-order valence-electron chi connectivity index (χ1n) is 8.24. The number of aromatic nitrogens is 3. The molecule has 2 N–H and O–H groups in total. The number of benzene rings is 2. The van der Waals surface area contributed by atoms with Gasteiger partial charge in [-0.25, -0.2) is 0 Å². The normalized spacial score (nSPS) is 11.3. The molecule has 0 radical (unpaired) electrons. The van der Waals surface area contributed by atoms with E-state index in [-0.39, 0.29) is 5.28 Å². The van der Waals surface area contributed by atoms with E-state index in [4.69, 9.17) is 11.6 Å². The van der Waals surface area contributed by atoms with Crippen molar-refractivity contribution in [1.82, 2.24) is 19.4 Å². The van der Waals surface area contributed by atoms with Gasteiger partial charge in [0.05, 0.1) is 21.1 Å². The fourth-order valence-electron chi connectivity index (χ4n) is 2.35. The zero-order valence-electron chi connectivity index (χ0n) is 15.3. The molecule has 0 spiro atoms. The summed E-state index contributed by atoms with van der Waals surface area (Å²) in [6.45, 7) is 2.04. The van der Waals surface area contributed by atoms with Crippen LogP contribution in [0.2, 0.25) is 5.28 Å². The molecular weight excluding hydrogens is 348 g/mol. The van der Waals surface area contributed by atoms with E-state index in [1.807, 2.05) is 43.3 Å². The third kappa shape index (κ3) is 4.68. The molecule has 0 amide bonds. The monoisotopic (exact) mass is 369 g/mol. The van der Waals surface area contributed by atoms with Crippen LogP contribution in [0.15, 0.2) is 48.5 Å². The van der Waals surface area contributed by atoms with Crippen LogP contribution in [0.25, 0.3) is 0 Å². The van der Waals surface area contributed by atoms with Crippen LogP contribution in [0.1, 0.15) is 5.56 Å². The van der Waals surface area contributed by atoms with E-state index in [9.17, 15) is 0 Å². The Hall–Kier alpha value is -2.70. The number of nitrogens with one attached hydrogen (secondary N) is 2. The second-order valence-electron chi connectivity index (χ2n) is 6.93. The van der Waals surface area contributed by atoms with Gasteiger partial charge in [0.15, 0.2) is 0 Å². The van der Waals surface area contributed by atoms with E-state index in [1.165, 1.54) is 11.3 Å². The smallest absolute Gasteiger partial charge is 0.233 e. The summed E-state index contributed by atoms with van der Waals surface area (Å²) < 4.78 is 0.752. The molecule has 26 heavy (non-hydrogen) atoms. The predicted molar refractivity (Wildman–Crippen MR) is 109 cm³/mol. The average Bonchev–Trinajstić information content (AvgIpc) is 2.56. The number of nitrogens with zero attached hydrogens (tertiary/aromatic N) is 4. The molecule has 0 unspecified atom stereocenters. The van der Waals surface area contributed by atoms with Crippen molar-refractivity contribution in [3.05, 3.63) is 59.4 Å². The molecule has 0 aliphatic rings. The van der Waals surface area contributed by atoms with Crippen LogP contribution in [0.5, 0.6) is 0 Å². The van der Waals surface area contributed by atoms with E-state index < -0.39 is 0 Å². The molecule has 1 aromatic heterocycles. The summed E-state index contributed by atoms with van der Waals surface area (Å²) in [5.41, 5.74) is 4.15. The molecule has 0 saturated carbocycles. The number of quaternary nitrogens is 1. The number of halogens is 1. The minimum Gasteiger partial charge on any atom is -0.324 e. The van der Waals surface area contributed by atoms with E-state index in [1.54, 1.807) is 0 Å². The Morgan fingerprint density at radius 3 is 1.65 bits per heavy atom. The van der Waals surface area contributed by atoms with Crippen molar-refractivity contribution in [3.8, 4) is 0 Å². The Kier molecular flexibility index (Phi) is 5.06. The zero-order valence-corrected chi connectivity index (χ0v) is 16.0. The largest absolute Gasteiger partial charge is 0.324 e. The van der Waals surface area contributed by atoms with Gasteiger partial charge in [-0.2, -0.15) is 15.0 Å². The lowest BCUT2D eigenvalue weighted by Crippen LogP contribution is -2.34. The molecule has 0 atom stereocenters. The molecule has 0 aliphatic heterocycles. The Morgan fingerprint density at radius 1 is 0.731 bits per heavy atom. The van der Waals surface area contributed by atoms with Crippen molar-refractivity contribution < 1.29 is 0 Å². The average molecular weight is 370 g/mol. The summed E-state index contributed by atoms with van der Waals surface area (Å²) in [4.78, 5) is 12.7. The number of hydrogen-bond acceptors (Lipinski definition) is 5. The molecule has 6 nitrogen and oxygen atoms in total. The minimum atomic E-state index is 0.125. The highest BCUT2D eigenvalue weighted by Crippen LogP contribution is 2.22. The Labute approximate surface area is 158 Å². The lowest BCUT2D eigenvalue weighted by atomic mass is 10.2. The van der Waals surface area contributed by atoms with Crippen LogP contribution < -0.4 is 15.1 Å². The molecule has 134 valence electrons. The van der Waals surface area contributed by atoms with Gasteiger partial charge in [0.25, 0.3) is 0 Å². The van der Waals surface area contributed by atoms with Crippen LogP contribution in [-0.4, -0.2) is 36.1 Å². The highest BCUT2D eigenvalue weighted by Gasteiger charge is 2.12. The molecule has 0 saturated heterocycles. The lowest BCUT2D eigenvalue weighted by molar-refractivity contribution is 0.486. The van der Waals surface area contributed by atoms with Gasteiger partial charge in [-0.1, -0.05) is 17.7 Å². The first kappa shape index (κ1) is 18.1. The number of rotatable bonds is 5. The van der Waals surface area contributed by atoms with Crippen molar-refractivity contribution in [2.24, 2.45) is 0 Å². The van der Waals surface area contributed by atoms with Crippen molar-refractivity contribution >= 4 is 40.6 Å². The van der Waals surface area contributed by atoms with E-state index in [0.717, 1.165) is 15.9 Å². The first-order valence-corrected chi connectivity index (χ1v) is 8.62. The van der Waals surface area contributed by atoms with Crippen LogP contribution in [0.3, 0.4) is 0 Å². The molecule has 0 bridgehead atoms. The first-order chi connectivity index (χ1) is 12.3. The van der Waals surface area contributed by atoms with Gasteiger partial charge < -0.3 is 10.6 Å². The second kappa shape index (κ2) is 7.27. The topological polar surface area (TPSA) is 62.7 Å². The molecule has 0 fully saturated rings. The quantitative estimate of drug-likeness (QED) is 0.647. The van der Waals surface area contributed by atoms with Gasteiger partial charge in [0, 0.05) is 23.5 Å². The number of aryl methyl sites for hydroxylation is 1. The third-order valence-electron chi connectivity index (χ3n) is 3.81. The van der Waals surface area contributed by atoms with Gasteiger partial charge in [-0.15, -0.1) is 0 Å². The molecule has 3 aromatic rings. The summed E-state index contributed by atoms with van der Waals surface area (Å²) in [6.07, 6.45) is 0. The molecule has 0 aliphatic carbocycles.